The molecule has 0 spiro atoms. The Morgan fingerprint density at radius 2 is 2.21 bits per heavy atom. The average Bonchev–Trinajstić information content (AvgIpc) is 2.47. The van der Waals surface area contributed by atoms with Gasteiger partial charge in [0.25, 0.3) is 0 Å². The maximum Gasteiger partial charge on any atom is 0.240 e. The summed E-state index contributed by atoms with van der Waals surface area (Å²) < 4.78 is 5.49. The van der Waals surface area contributed by atoms with E-state index in [0.29, 0.717) is 19.7 Å². The van der Waals surface area contributed by atoms with Crippen LogP contribution in [-0.2, 0) is 9.53 Å². The van der Waals surface area contributed by atoms with E-state index >= 15 is 0 Å². The third kappa shape index (κ3) is 3.76. The molecular weight excluding hydrogens is 242 g/mol. The molecule has 1 aliphatic heterocycles. The van der Waals surface area contributed by atoms with Gasteiger partial charge >= 0.3 is 0 Å². The van der Waals surface area contributed by atoms with Gasteiger partial charge in [-0.25, -0.2) is 0 Å². The van der Waals surface area contributed by atoms with Crippen LogP contribution >= 0.6 is 0 Å². The molecule has 0 aliphatic carbocycles. The second kappa shape index (κ2) is 6.65. The molecule has 5 heteroatoms. The van der Waals surface area contributed by atoms with Crippen molar-refractivity contribution in [3.8, 4) is 0 Å². The van der Waals surface area contributed by atoms with Gasteiger partial charge in [0.1, 0.15) is 0 Å². The quantitative estimate of drug-likeness (QED) is 0.849. The Kier molecular flexibility index (Phi) is 4.90. The van der Waals surface area contributed by atoms with E-state index in [0.717, 1.165) is 18.8 Å². The van der Waals surface area contributed by atoms with Crippen LogP contribution in [-0.4, -0.2) is 56.7 Å². The largest absolute Gasteiger partial charge is 0.374 e. The van der Waals surface area contributed by atoms with E-state index in [-0.39, 0.29) is 12.0 Å². The van der Waals surface area contributed by atoms with Crippen LogP contribution in [0, 0.1) is 0 Å². The van der Waals surface area contributed by atoms with Gasteiger partial charge < -0.3 is 15.4 Å². The third-order valence-corrected chi connectivity index (χ3v) is 3.36. The monoisotopic (exact) mass is 263 g/mol. The summed E-state index contributed by atoms with van der Waals surface area (Å²) in [5.41, 5.74) is 6.51. The number of hydrogen-bond acceptors (Lipinski definition) is 4. The van der Waals surface area contributed by atoms with Crippen molar-refractivity contribution < 1.29 is 9.53 Å². The molecule has 1 aromatic rings. The normalized spacial score (nSPS) is 20.2. The summed E-state index contributed by atoms with van der Waals surface area (Å²) >= 11 is 0. The summed E-state index contributed by atoms with van der Waals surface area (Å²) in [7, 11) is 1.80. The van der Waals surface area contributed by atoms with Crippen LogP contribution in [0.5, 0.6) is 0 Å². The number of rotatable bonds is 4. The fraction of sp³-hybridized carbons (Fsp3) is 0.500. The van der Waals surface area contributed by atoms with Crippen LogP contribution in [0.4, 0.5) is 5.69 Å². The van der Waals surface area contributed by atoms with Crippen molar-refractivity contribution in [3.63, 3.8) is 0 Å². The summed E-state index contributed by atoms with van der Waals surface area (Å²) in [4.78, 5) is 16.0. The maximum absolute atomic E-state index is 12.2. The second-order valence-corrected chi connectivity index (χ2v) is 4.75. The number of hydrogen-bond donors (Lipinski definition) is 1. The van der Waals surface area contributed by atoms with Crippen molar-refractivity contribution in [3.05, 3.63) is 30.3 Å². The molecule has 1 saturated heterocycles. The molecule has 5 nitrogen and oxygen atoms in total. The molecule has 2 N–H and O–H groups in total. The van der Waals surface area contributed by atoms with Gasteiger partial charge in [-0.15, -0.1) is 0 Å². The Balaban J connectivity index is 1.90. The number of nitrogens with zero attached hydrogens (tertiary/aromatic N) is 2. The van der Waals surface area contributed by atoms with E-state index in [9.17, 15) is 4.79 Å². The number of likely N-dealkylation sites (N-methyl/N-ethyl adjacent to an activating group) is 1. The van der Waals surface area contributed by atoms with Crippen LogP contribution in [0.15, 0.2) is 30.3 Å². The van der Waals surface area contributed by atoms with Gasteiger partial charge in [-0.1, -0.05) is 18.2 Å². The van der Waals surface area contributed by atoms with Gasteiger partial charge in [0.15, 0.2) is 0 Å². The van der Waals surface area contributed by atoms with E-state index in [4.69, 9.17) is 10.5 Å². The first-order valence-corrected chi connectivity index (χ1v) is 6.56. The predicted octanol–water partition coefficient (Wildman–Crippen LogP) is 0.309. The van der Waals surface area contributed by atoms with Crippen molar-refractivity contribution in [2.75, 3.05) is 44.7 Å². The number of carbonyl (C=O) groups excluding carboxylic acids is 1. The van der Waals surface area contributed by atoms with E-state index < -0.39 is 0 Å². The summed E-state index contributed by atoms with van der Waals surface area (Å²) in [6.07, 6.45) is 0.0450. The fourth-order valence-electron chi connectivity index (χ4n) is 2.16. The summed E-state index contributed by atoms with van der Waals surface area (Å²) in [5, 5.41) is 0. The standard InChI is InChI=1S/C14H21N3O2/c1-16(12-5-3-2-4-6-12)14(18)11-17-7-8-19-13(9-15)10-17/h2-6,13H,7-11,15H2,1H3. The first-order valence-electron chi connectivity index (χ1n) is 6.56. The molecule has 1 amide bonds. The molecule has 1 unspecified atom stereocenters. The number of benzene rings is 1. The lowest BCUT2D eigenvalue weighted by atomic mass is 10.2. The van der Waals surface area contributed by atoms with Crippen LogP contribution in [0.3, 0.4) is 0 Å². The van der Waals surface area contributed by atoms with Crippen LogP contribution in [0.1, 0.15) is 0 Å². The molecule has 1 aromatic carbocycles. The van der Waals surface area contributed by atoms with Crippen LogP contribution in [0.25, 0.3) is 0 Å². The molecule has 0 bridgehead atoms. The third-order valence-electron chi connectivity index (χ3n) is 3.36. The predicted molar refractivity (Wildman–Crippen MR) is 75.1 cm³/mol. The molecule has 0 radical (unpaired) electrons. The fourth-order valence-corrected chi connectivity index (χ4v) is 2.16. The number of para-hydroxylation sites is 1. The SMILES string of the molecule is CN(C(=O)CN1CCOC(CN)C1)c1ccccc1. The van der Waals surface area contributed by atoms with Crippen molar-refractivity contribution in [1.82, 2.24) is 4.90 Å². The van der Waals surface area contributed by atoms with Crippen molar-refractivity contribution in [2.24, 2.45) is 5.73 Å². The summed E-state index contributed by atoms with van der Waals surface area (Å²) in [6.45, 7) is 3.06. The topological polar surface area (TPSA) is 58.8 Å². The first-order chi connectivity index (χ1) is 9.20. The maximum atomic E-state index is 12.2. The summed E-state index contributed by atoms with van der Waals surface area (Å²) in [6, 6.07) is 9.66. The Bertz CT molecular complexity index is 410. The van der Waals surface area contributed by atoms with Crippen molar-refractivity contribution in [2.45, 2.75) is 6.10 Å². The lowest BCUT2D eigenvalue weighted by Gasteiger charge is -2.32. The number of amides is 1. The second-order valence-electron chi connectivity index (χ2n) is 4.75. The van der Waals surface area contributed by atoms with Gasteiger partial charge in [0.05, 0.1) is 19.3 Å². The molecule has 1 atom stereocenters. The smallest absolute Gasteiger partial charge is 0.240 e. The van der Waals surface area contributed by atoms with E-state index in [1.807, 2.05) is 30.3 Å². The zero-order valence-electron chi connectivity index (χ0n) is 11.3. The van der Waals surface area contributed by atoms with Crippen molar-refractivity contribution >= 4 is 11.6 Å². The molecule has 19 heavy (non-hydrogen) atoms. The molecule has 1 heterocycles. The van der Waals surface area contributed by atoms with Gasteiger partial charge in [-0.05, 0) is 12.1 Å². The van der Waals surface area contributed by atoms with Gasteiger partial charge in [-0.3, -0.25) is 9.69 Å². The molecule has 0 aromatic heterocycles. The van der Waals surface area contributed by atoms with Gasteiger partial charge in [0, 0.05) is 32.4 Å². The van der Waals surface area contributed by atoms with Gasteiger partial charge in [-0.2, -0.15) is 0 Å². The molecule has 1 aliphatic rings. The van der Waals surface area contributed by atoms with Crippen LogP contribution < -0.4 is 10.6 Å². The Labute approximate surface area is 113 Å². The highest BCUT2D eigenvalue weighted by Gasteiger charge is 2.22. The minimum atomic E-state index is 0.0450. The molecule has 104 valence electrons. The minimum absolute atomic E-state index is 0.0450. The lowest BCUT2D eigenvalue weighted by molar-refractivity contribution is -0.121. The highest BCUT2D eigenvalue weighted by Crippen LogP contribution is 2.12. The average molecular weight is 263 g/mol. The first kappa shape index (κ1) is 14.0. The number of morpholine rings is 1. The molecule has 1 fully saturated rings. The van der Waals surface area contributed by atoms with Crippen LogP contribution in [0.2, 0.25) is 0 Å². The molecule has 2 rings (SSSR count). The highest BCUT2D eigenvalue weighted by molar-refractivity contribution is 5.94. The van der Waals surface area contributed by atoms with Gasteiger partial charge in [0.2, 0.25) is 5.91 Å². The molecular formula is C14H21N3O2. The minimum Gasteiger partial charge on any atom is -0.374 e. The number of carbonyl (C=O) groups is 1. The zero-order chi connectivity index (χ0) is 13.7. The van der Waals surface area contributed by atoms with E-state index in [1.165, 1.54) is 0 Å². The Hall–Kier alpha value is -1.43. The van der Waals surface area contributed by atoms with E-state index in [2.05, 4.69) is 4.90 Å². The number of anilines is 1. The lowest BCUT2D eigenvalue weighted by Crippen LogP contribution is -2.49. The van der Waals surface area contributed by atoms with E-state index in [1.54, 1.807) is 11.9 Å². The molecule has 0 saturated carbocycles. The zero-order valence-corrected chi connectivity index (χ0v) is 11.3. The Morgan fingerprint density at radius 1 is 1.47 bits per heavy atom. The van der Waals surface area contributed by atoms with Crippen molar-refractivity contribution in [1.29, 1.82) is 0 Å². The number of nitrogens with two attached hydrogens (primary N) is 1. The highest BCUT2D eigenvalue weighted by atomic mass is 16.5. The number of ether oxygens (including phenoxy) is 1. The summed E-state index contributed by atoms with van der Waals surface area (Å²) in [5.74, 6) is 0.0869. The Morgan fingerprint density at radius 3 is 2.89 bits per heavy atom.